The summed E-state index contributed by atoms with van der Waals surface area (Å²) in [6, 6.07) is 29.9. The minimum absolute atomic E-state index is 0.0921. The molecule has 0 N–H and O–H groups in total. The molecule has 1 aromatic heterocycles. The zero-order valence-electron chi connectivity index (χ0n) is 15.9. The smallest absolute Gasteiger partial charge is 0.191 e. The zero-order valence-corrected chi connectivity index (χ0v) is 16.8. The van der Waals surface area contributed by atoms with E-state index in [2.05, 4.69) is 39.0 Å². The largest absolute Gasteiger partial charge is 0.301 e. The fraction of sp³-hybridized carbons (Fsp3) is 0.125. The van der Waals surface area contributed by atoms with Crippen molar-refractivity contribution in [3.63, 3.8) is 0 Å². The molecule has 0 bridgehead atoms. The summed E-state index contributed by atoms with van der Waals surface area (Å²) >= 11 is 1.44. The highest BCUT2D eigenvalue weighted by Crippen LogP contribution is 2.21. The van der Waals surface area contributed by atoms with E-state index >= 15 is 0 Å². The van der Waals surface area contributed by atoms with Crippen LogP contribution in [0.1, 0.15) is 27.3 Å². The molecule has 0 aliphatic carbocycles. The summed E-state index contributed by atoms with van der Waals surface area (Å²) in [5, 5.41) is 9.60. The second-order valence-electron chi connectivity index (χ2n) is 6.71. The van der Waals surface area contributed by atoms with Gasteiger partial charge in [-0.3, -0.25) is 4.79 Å². The van der Waals surface area contributed by atoms with Crippen LogP contribution in [0.4, 0.5) is 0 Å². The van der Waals surface area contributed by atoms with Crippen molar-refractivity contribution in [3.8, 4) is 0 Å². The molecular formula is C24H21N3OS. The lowest BCUT2D eigenvalue weighted by molar-refractivity contribution is 0.102. The van der Waals surface area contributed by atoms with E-state index in [-0.39, 0.29) is 5.78 Å². The maximum atomic E-state index is 12.5. The minimum atomic E-state index is 0.0921. The van der Waals surface area contributed by atoms with E-state index < -0.39 is 0 Å². The fourth-order valence-corrected chi connectivity index (χ4v) is 3.95. The average molecular weight is 400 g/mol. The van der Waals surface area contributed by atoms with Gasteiger partial charge in [0.15, 0.2) is 10.9 Å². The zero-order chi connectivity index (χ0) is 19.9. The summed E-state index contributed by atoms with van der Waals surface area (Å²) < 4.78 is 2.12. The van der Waals surface area contributed by atoms with Gasteiger partial charge < -0.3 is 4.57 Å². The van der Waals surface area contributed by atoms with Gasteiger partial charge in [0.25, 0.3) is 0 Å². The van der Waals surface area contributed by atoms with Crippen molar-refractivity contribution >= 4 is 17.5 Å². The highest BCUT2D eigenvalue weighted by Gasteiger charge is 2.15. The van der Waals surface area contributed by atoms with Crippen LogP contribution in [-0.2, 0) is 13.0 Å². The van der Waals surface area contributed by atoms with Gasteiger partial charge in [-0.25, -0.2) is 0 Å². The predicted molar refractivity (Wildman–Crippen MR) is 116 cm³/mol. The monoisotopic (exact) mass is 399 g/mol. The summed E-state index contributed by atoms with van der Waals surface area (Å²) in [5.74, 6) is 1.33. The standard InChI is InChI=1S/C24H21N3OS/c28-22(21-14-8-3-9-15-21)18-29-24-26-25-23(16-19-10-4-1-5-11-19)27(24)17-20-12-6-2-7-13-20/h1-15H,16-18H2. The molecule has 29 heavy (non-hydrogen) atoms. The molecule has 4 aromatic rings. The summed E-state index contributed by atoms with van der Waals surface area (Å²) in [7, 11) is 0. The SMILES string of the molecule is O=C(CSc1nnc(Cc2ccccc2)n1Cc1ccccc1)c1ccccc1. The second kappa shape index (κ2) is 9.34. The maximum absolute atomic E-state index is 12.5. The number of aromatic nitrogens is 3. The lowest BCUT2D eigenvalue weighted by Gasteiger charge is -2.10. The topological polar surface area (TPSA) is 47.8 Å². The molecule has 0 aliphatic heterocycles. The Hall–Kier alpha value is -3.18. The van der Waals surface area contributed by atoms with E-state index in [4.69, 9.17) is 0 Å². The van der Waals surface area contributed by atoms with Crippen molar-refractivity contribution in [2.24, 2.45) is 0 Å². The van der Waals surface area contributed by atoms with E-state index in [1.54, 1.807) is 0 Å². The minimum Gasteiger partial charge on any atom is -0.301 e. The van der Waals surface area contributed by atoms with Gasteiger partial charge in [-0.2, -0.15) is 0 Å². The Balaban J connectivity index is 1.56. The van der Waals surface area contributed by atoms with Gasteiger partial charge in [-0.1, -0.05) is 103 Å². The first kappa shape index (κ1) is 19.2. The molecule has 0 unspecified atom stereocenters. The molecule has 0 amide bonds. The third kappa shape index (κ3) is 5.00. The second-order valence-corrected chi connectivity index (χ2v) is 7.65. The van der Waals surface area contributed by atoms with E-state index in [0.29, 0.717) is 18.7 Å². The maximum Gasteiger partial charge on any atom is 0.191 e. The molecule has 144 valence electrons. The van der Waals surface area contributed by atoms with Gasteiger partial charge in [0.05, 0.1) is 12.3 Å². The molecule has 0 fully saturated rings. The van der Waals surface area contributed by atoms with Crippen molar-refractivity contribution < 1.29 is 4.79 Å². The molecule has 0 spiro atoms. The molecule has 0 aliphatic rings. The van der Waals surface area contributed by atoms with Crippen LogP contribution in [0, 0.1) is 0 Å². The van der Waals surface area contributed by atoms with Gasteiger partial charge >= 0.3 is 0 Å². The quantitative estimate of drug-likeness (QED) is 0.313. The number of rotatable bonds is 8. The Morgan fingerprint density at radius 2 is 1.34 bits per heavy atom. The molecule has 4 rings (SSSR count). The van der Waals surface area contributed by atoms with E-state index in [9.17, 15) is 4.79 Å². The Morgan fingerprint density at radius 3 is 2.00 bits per heavy atom. The van der Waals surface area contributed by atoms with Crippen LogP contribution in [0.25, 0.3) is 0 Å². The van der Waals surface area contributed by atoms with Gasteiger partial charge in [0, 0.05) is 12.0 Å². The van der Waals surface area contributed by atoms with Crippen LogP contribution in [0.5, 0.6) is 0 Å². The van der Waals surface area contributed by atoms with Crippen LogP contribution in [0.3, 0.4) is 0 Å². The molecule has 0 radical (unpaired) electrons. The summed E-state index contributed by atoms with van der Waals surface area (Å²) in [6.07, 6.45) is 0.702. The number of nitrogens with zero attached hydrogens (tertiary/aromatic N) is 3. The Morgan fingerprint density at radius 1 is 0.759 bits per heavy atom. The van der Waals surface area contributed by atoms with Crippen LogP contribution < -0.4 is 0 Å². The number of thioether (sulfide) groups is 1. The molecule has 0 saturated carbocycles. The number of benzene rings is 3. The molecular weight excluding hydrogens is 378 g/mol. The first-order chi connectivity index (χ1) is 14.3. The van der Waals surface area contributed by atoms with Crippen molar-refractivity contribution in [3.05, 3.63) is 114 Å². The van der Waals surface area contributed by atoms with Gasteiger partial charge in [-0.15, -0.1) is 10.2 Å². The third-order valence-corrected chi connectivity index (χ3v) is 5.58. The fourth-order valence-electron chi connectivity index (χ4n) is 3.10. The average Bonchev–Trinajstić information content (AvgIpc) is 3.15. The van der Waals surface area contributed by atoms with E-state index in [1.165, 1.54) is 22.9 Å². The molecule has 0 saturated heterocycles. The third-order valence-electron chi connectivity index (χ3n) is 4.61. The molecule has 1 heterocycles. The number of ketones is 1. The van der Waals surface area contributed by atoms with Crippen molar-refractivity contribution in [1.29, 1.82) is 0 Å². The Bertz CT molecular complexity index is 1060. The van der Waals surface area contributed by atoms with Crippen molar-refractivity contribution in [1.82, 2.24) is 14.8 Å². The highest BCUT2D eigenvalue weighted by atomic mass is 32.2. The lowest BCUT2D eigenvalue weighted by atomic mass is 10.1. The first-order valence-corrected chi connectivity index (χ1v) is 10.5. The summed E-state index contributed by atoms with van der Waals surface area (Å²) in [5.41, 5.74) is 3.09. The Labute approximate surface area is 174 Å². The number of Topliss-reactive ketones (excluding diaryl/α,β-unsaturated/α-hetero) is 1. The van der Waals surface area contributed by atoms with Crippen LogP contribution in [0.15, 0.2) is 96.2 Å². The number of carbonyl (C=O) groups is 1. The summed E-state index contributed by atoms with van der Waals surface area (Å²) in [4.78, 5) is 12.5. The highest BCUT2D eigenvalue weighted by molar-refractivity contribution is 7.99. The van der Waals surface area contributed by atoms with Crippen LogP contribution in [0.2, 0.25) is 0 Å². The van der Waals surface area contributed by atoms with E-state index in [0.717, 1.165) is 16.5 Å². The normalized spacial score (nSPS) is 10.8. The Kier molecular flexibility index (Phi) is 6.17. The van der Waals surface area contributed by atoms with Gasteiger partial charge in [0.2, 0.25) is 0 Å². The van der Waals surface area contributed by atoms with Crippen LogP contribution >= 0.6 is 11.8 Å². The molecule has 0 atom stereocenters. The predicted octanol–water partition coefficient (Wildman–Crippen LogP) is 4.89. The van der Waals surface area contributed by atoms with Gasteiger partial charge in [0.1, 0.15) is 5.82 Å². The van der Waals surface area contributed by atoms with Crippen LogP contribution in [-0.4, -0.2) is 26.3 Å². The molecule has 3 aromatic carbocycles. The summed E-state index contributed by atoms with van der Waals surface area (Å²) in [6.45, 7) is 0.678. The first-order valence-electron chi connectivity index (χ1n) is 9.50. The molecule has 5 heteroatoms. The lowest BCUT2D eigenvalue weighted by Crippen LogP contribution is -2.09. The van der Waals surface area contributed by atoms with Gasteiger partial charge in [-0.05, 0) is 11.1 Å². The van der Waals surface area contributed by atoms with E-state index in [1.807, 2.05) is 66.7 Å². The number of hydrogen-bond donors (Lipinski definition) is 0. The number of hydrogen-bond acceptors (Lipinski definition) is 4. The number of carbonyl (C=O) groups excluding carboxylic acids is 1. The van der Waals surface area contributed by atoms with Crippen molar-refractivity contribution in [2.75, 3.05) is 5.75 Å². The molecule has 4 nitrogen and oxygen atoms in total. The van der Waals surface area contributed by atoms with Crippen molar-refractivity contribution in [2.45, 2.75) is 18.1 Å².